The van der Waals surface area contributed by atoms with Gasteiger partial charge in [0, 0.05) is 18.4 Å². The molecule has 1 aliphatic heterocycles. The van der Waals surface area contributed by atoms with Crippen LogP contribution in [0.5, 0.6) is 11.5 Å². The summed E-state index contributed by atoms with van der Waals surface area (Å²) in [7, 11) is 2.75. The molecule has 0 aromatic heterocycles. The number of ketones is 1. The van der Waals surface area contributed by atoms with Crippen LogP contribution in [0.25, 0.3) is 0 Å². The molecule has 1 heterocycles. The number of rotatable bonds is 5. The standard InChI is InChI=1S/C21H21NO6/c1-4-10-27-14-9-8-12(11-16(14)25-2)17-18-13(23)6-5-7-15(18)28-20(22)19(17)21(24)26-3/h1,8-9,11,17H,5-7,10,22H2,2-3H3/t17-/m0/s1. The molecule has 7 heteroatoms. The quantitative estimate of drug-likeness (QED) is 0.615. The van der Waals surface area contributed by atoms with E-state index in [0.717, 1.165) is 0 Å². The highest BCUT2D eigenvalue weighted by Gasteiger charge is 2.41. The number of esters is 1. The largest absolute Gasteiger partial charge is 0.493 e. The zero-order valence-electron chi connectivity index (χ0n) is 15.7. The van der Waals surface area contributed by atoms with Crippen molar-refractivity contribution in [1.82, 2.24) is 0 Å². The SMILES string of the molecule is C#CCOc1ccc([C@@H]2C(C(=O)OC)=C(N)OC3=C2C(=O)CCC3)cc1OC. The van der Waals surface area contributed by atoms with Gasteiger partial charge >= 0.3 is 5.97 Å². The molecule has 1 aromatic carbocycles. The molecule has 1 aliphatic carbocycles. The van der Waals surface area contributed by atoms with Gasteiger partial charge in [0.05, 0.1) is 20.1 Å². The Kier molecular flexibility index (Phi) is 5.59. The maximum absolute atomic E-state index is 12.7. The molecule has 146 valence electrons. The smallest absolute Gasteiger partial charge is 0.340 e. The number of ether oxygens (including phenoxy) is 4. The summed E-state index contributed by atoms with van der Waals surface area (Å²) in [4.78, 5) is 25.2. The average molecular weight is 383 g/mol. The molecule has 28 heavy (non-hydrogen) atoms. The second-order valence-corrected chi connectivity index (χ2v) is 6.32. The lowest BCUT2D eigenvalue weighted by atomic mass is 9.77. The zero-order valence-corrected chi connectivity index (χ0v) is 15.7. The Hall–Kier alpha value is -3.40. The molecule has 7 nitrogen and oxygen atoms in total. The third-order valence-electron chi connectivity index (χ3n) is 4.72. The molecule has 0 radical (unpaired) electrons. The van der Waals surface area contributed by atoms with Crippen LogP contribution in [-0.2, 0) is 19.1 Å². The normalized spacial score (nSPS) is 18.8. The summed E-state index contributed by atoms with van der Waals surface area (Å²) in [6.07, 6.45) is 6.87. The minimum absolute atomic E-state index is 0.0584. The Morgan fingerprint density at radius 3 is 2.79 bits per heavy atom. The van der Waals surface area contributed by atoms with Gasteiger partial charge in [-0.15, -0.1) is 6.42 Å². The summed E-state index contributed by atoms with van der Waals surface area (Å²) < 4.78 is 21.4. The van der Waals surface area contributed by atoms with Crippen LogP contribution < -0.4 is 15.2 Å². The fourth-order valence-corrected chi connectivity index (χ4v) is 3.50. The molecular weight excluding hydrogens is 362 g/mol. The number of Topliss-reactive ketones (excluding diaryl/α,β-unsaturated/α-hetero) is 1. The van der Waals surface area contributed by atoms with E-state index >= 15 is 0 Å². The molecule has 0 unspecified atom stereocenters. The monoisotopic (exact) mass is 383 g/mol. The average Bonchev–Trinajstić information content (AvgIpc) is 2.70. The molecule has 1 atom stereocenters. The predicted molar refractivity (Wildman–Crippen MR) is 100 cm³/mol. The van der Waals surface area contributed by atoms with Crippen molar-refractivity contribution >= 4 is 11.8 Å². The Balaban J connectivity index is 2.15. The van der Waals surface area contributed by atoms with E-state index in [1.54, 1.807) is 18.2 Å². The number of carbonyl (C=O) groups excluding carboxylic acids is 2. The molecule has 0 spiro atoms. The minimum Gasteiger partial charge on any atom is -0.493 e. The van der Waals surface area contributed by atoms with Crippen molar-refractivity contribution in [2.45, 2.75) is 25.2 Å². The summed E-state index contributed by atoms with van der Waals surface area (Å²) >= 11 is 0. The van der Waals surface area contributed by atoms with Crippen LogP contribution in [-0.4, -0.2) is 32.6 Å². The summed E-state index contributed by atoms with van der Waals surface area (Å²) in [6, 6.07) is 5.12. The fourth-order valence-electron chi connectivity index (χ4n) is 3.50. The lowest BCUT2D eigenvalue weighted by Gasteiger charge is -2.32. The van der Waals surface area contributed by atoms with Crippen LogP contribution in [0.15, 0.2) is 41.0 Å². The number of allylic oxidation sites excluding steroid dienone is 2. The van der Waals surface area contributed by atoms with Crippen molar-refractivity contribution < 1.29 is 28.5 Å². The highest BCUT2D eigenvalue weighted by Crippen LogP contribution is 2.45. The van der Waals surface area contributed by atoms with Gasteiger partial charge in [-0.2, -0.15) is 0 Å². The van der Waals surface area contributed by atoms with E-state index in [2.05, 4.69) is 5.92 Å². The van der Waals surface area contributed by atoms with Gasteiger partial charge in [0.15, 0.2) is 17.3 Å². The van der Waals surface area contributed by atoms with Crippen molar-refractivity contribution in [2.75, 3.05) is 20.8 Å². The van der Waals surface area contributed by atoms with Crippen LogP contribution in [0.1, 0.15) is 30.7 Å². The first kappa shape index (κ1) is 19.4. The molecule has 0 fully saturated rings. The third-order valence-corrected chi connectivity index (χ3v) is 4.72. The fraction of sp³-hybridized carbons (Fsp3) is 0.333. The molecule has 0 bridgehead atoms. The Morgan fingerprint density at radius 2 is 2.11 bits per heavy atom. The van der Waals surface area contributed by atoms with E-state index < -0.39 is 11.9 Å². The van der Waals surface area contributed by atoms with Gasteiger partial charge in [0.1, 0.15) is 17.9 Å². The topological polar surface area (TPSA) is 97.1 Å². The second-order valence-electron chi connectivity index (χ2n) is 6.32. The van der Waals surface area contributed by atoms with Gasteiger partial charge in [-0.25, -0.2) is 4.79 Å². The molecule has 2 aliphatic rings. The van der Waals surface area contributed by atoms with Crippen LogP contribution in [0.4, 0.5) is 0 Å². The molecule has 0 saturated carbocycles. The van der Waals surface area contributed by atoms with Crippen molar-refractivity contribution in [3.63, 3.8) is 0 Å². The van der Waals surface area contributed by atoms with Gasteiger partial charge in [-0.05, 0) is 24.1 Å². The van der Waals surface area contributed by atoms with Crippen LogP contribution in [0.3, 0.4) is 0 Å². The van der Waals surface area contributed by atoms with Crippen molar-refractivity contribution in [3.8, 4) is 23.8 Å². The Morgan fingerprint density at radius 1 is 1.32 bits per heavy atom. The number of nitrogens with two attached hydrogens (primary N) is 1. The van der Waals surface area contributed by atoms with Gasteiger partial charge in [-0.1, -0.05) is 12.0 Å². The van der Waals surface area contributed by atoms with Crippen molar-refractivity contribution in [3.05, 3.63) is 46.6 Å². The number of hydrogen-bond donors (Lipinski definition) is 1. The van der Waals surface area contributed by atoms with Crippen molar-refractivity contribution in [2.24, 2.45) is 5.73 Å². The van der Waals surface area contributed by atoms with Crippen LogP contribution >= 0.6 is 0 Å². The lowest BCUT2D eigenvalue weighted by molar-refractivity contribution is -0.136. The number of terminal acetylenes is 1. The first-order valence-electron chi connectivity index (χ1n) is 8.78. The van der Waals surface area contributed by atoms with E-state index in [0.29, 0.717) is 47.7 Å². The van der Waals surface area contributed by atoms with Gasteiger partial charge in [0.25, 0.3) is 0 Å². The highest BCUT2D eigenvalue weighted by atomic mass is 16.5. The summed E-state index contributed by atoms with van der Waals surface area (Å²) in [5, 5.41) is 0. The van der Waals surface area contributed by atoms with E-state index in [-0.39, 0.29) is 23.8 Å². The Bertz CT molecular complexity index is 921. The maximum atomic E-state index is 12.7. The summed E-state index contributed by atoms with van der Waals surface area (Å²) in [6.45, 7) is 0.0843. The lowest BCUT2D eigenvalue weighted by Crippen LogP contribution is -2.31. The first-order chi connectivity index (χ1) is 13.5. The molecule has 1 aromatic rings. The third kappa shape index (κ3) is 3.41. The molecule has 3 rings (SSSR count). The molecular formula is C21H21NO6. The van der Waals surface area contributed by atoms with E-state index in [1.807, 2.05) is 0 Å². The van der Waals surface area contributed by atoms with Gasteiger partial charge in [0.2, 0.25) is 5.88 Å². The van der Waals surface area contributed by atoms with E-state index in [9.17, 15) is 9.59 Å². The summed E-state index contributed by atoms with van der Waals surface area (Å²) in [5.41, 5.74) is 7.20. The molecule has 2 N–H and O–H groups in total. The molecule has 0 amide bonds. The Labute approximate surface area is 163 Å². The van der Waals surface area contributed by atoms with E-state index in [1.165, 1.54) is 14.2 Å². The van der Waals surface area contributed by atoms with Crippen LogP contribution in [0.2, 0.25) is 0 Å². The maximum Gasteiger partial charge on any atom is 0.340 e. The van der Waals surface area contributed by atoms with Gasteiger partial charge < -0.3 is 24.7 Å². The molecule has 0 saturated heterocycles. The number of hydrogen-bond acceptors (Lipinski definition) is 7. The van der Waals surface area contributed by atoms with Crippen molar-refractivity contribution in [1.29, 1.82) is 0 Å². The minimum atomic E-state index is -0.709. The van der Waals surface area contributed by atoms with Gasteiger partial charge in [-0.3, -0.25) is 4.79 Å². The predicted octanol–water partition coefficient (Wildman–Crippen LogP) is 2.17. The first-order valence-corrected chi connectivity index (χ1v) is 8.78. The number of carbonyl (C=O) groups is 2. The number of benzene rings is 1. The van der Waals surface area contributed by atoms with Crippen LogP contribution in [0, 0.1) is 12.3 Å². The number of methoxy groups -OCH3 is 2. The zero-order chi connectivity index (χ0) is 20.3. The van der Waals surface area contributed by atoms with E-state index in [4.69, 9.17) is 31.1 Å². The summed E-state index contributed by atoms with van der Waals surface area (Å²) in [5.74, 6) is 2.27. The second kappa shape index (κ2) is 8.09. The highest BCUT2D eigenvalue weighted by molar-refractivity contribution is 6.03.